The lowest BCUT2D eigenvalue weighted by Gasteiger charge is -2.27. The Bertz CT molecular complexity index is 362. The molecule has 1 aliphatic heterocycles. The molecule has 0 spiro atoms. The first-order valence-corrected chi connectivity index (χ1v) is 6.84. The van der Waals surface area contributed by atoms with Gasteiger partial charge in [0.25, 0.3) is 0 Å². The van der Waals surface area contributed by atoms with Crippen molar-refractivity contribution in [2.24, 2.45) is 0 Å². The van der Waals surface area contributed by atoms with Crippen molar-refractivity contribution in [3.63, 3.8) is 0 Å². The lowest BCUT2D eigenvalue weighted by molar-refractivity contribution is 0.252. The van der Waals surface area contributed by atoms with Crippen LogP contribution in [0.15, 0.2) is 18.2 Å². The summed E-state index contributed by atoms with van der Waals surface area (Å²) in [5.41, 5.74) is 2.75. The molecular weight excluding hydrogens is 210 g/mol. The molecule has 17 heavy (non-hydrogen) atoms. The van der Waals surface area contributed by atoms with Crippen molar-refractivity contribution in [1.29, 1.82) is 0 Å². The zero-order chi connectivity index (χ0) is 12.1. The summed E-state index contributed by atoms with van der Waals surface area (Å²) < 4.78 is 5.72. The summed E-state index contributed by atoms with van der Waals surface area (Å²) in [5.74, 6) is 1.07. The molecule has 0 radical (unpaired) electrons. The number of ether oxygens (including phenoxy) is 1. The van der Waals surface area contributed by atoms with E-state index in [1.807, 2.05) is 0 Å². The van der Waals surface area contributed by atoms with Gasteiger partial charge >= 0.3 is 0 Å². The molecule has 1 N–H and O–H groups in total. The number of unbranched alkanes of at least 4 members (excludes halogenated alkanes) is 1. The third-order valence-corrected chi connectivity index (χ3v) is 3.44. The average Bonchev–Trinajstić information content (AvgIpc) is 2.39. The zero-order valence-corrected chi connectivity index (χ0v) is 11.0. The number of aryl methyl sites for hydroxylation is 1. The quantitative estimate of drug-likeness (QED) is 0.786. The van der Waals surface area contributed by atoms with Gasteiger partial charge in [-0.2, -0.15) is 0 Å². The fourth-order valence-corrected chi connectivity index (χ4v) is 2.33. The third-order valence-electron chi connectivity index (χ3n) is 3.44. The van der Waals surface area contributed by atoms with Crippen LogP contribution < -0.4 is 10.1 Å². The van der Waals surface area contributed by atoms with Crippen LogP contribution in [0, 0.1) is 0 Å². The lowest BCUT2D eigenvalue weighted by atomic mass is 9.97. The van der Waals surface area contributed by atoms with Crippen molar-refractivity contribution in [3.05, 3.63) is 29.3 Å². The molecule has 1 heterocycles. The maximum Gasteiger partial charge on any atom is 0.124 e. The fraction of sp³-hybridized carbons (Fsp3) is 0.600. The van der Waals surface area contributed by atoms with Crippen LogP contribution in [0.5, 0.6) is 5.75 Å². The first-order chi connectivity index (χ1) is 8.35. The molecule has 2 heteroatoms. The molecule has 0 amide bonds. The van der Waals surface area contributed by atoms with Crippen molar-refractivity contribution in [1.82, 2.24) is 5.32 Å². The number of rotatable bonds is 5. The summed E-state index contributed by atoms with van der Waals surface area (Å²) in [4.78, 5) is 0. The number of benzene rings is 1. The summed E-state index contributed by atoms with van der Waals surface area (Å²) in [7, 11) is 0. The molecular formula is C15H23NO. The van der Waals surface area contributed by atoms with E-state index in [9.17, 15) is 0 Å². The van der Waals surface area contributed by atoms with Crippen LogP contribution in [0.25, 0.3) is 0 Å². The van der Waals surface area contributed by atoms with Gasteiger partial charge < -0.3 is 10.1 Å². The summed E-state index contributed by atoms with van der Waals surface area (Å²) in [6, 6.07) is 7.09. The van der Waals surface area contributed by atoms with E-state index < -0.39 is 0 Å². The highest BCUT2D eigenvalue weighted by molar-refractivity contribution is 5.40. The third kappa shape index (κ3) is 3.01. The van der Waals surface area contributed by atoms with Crippen LogP contribution in [0.3, 0.4) is 0 Å². The van der Waals surface area contributed by atoms with E-state index in [0.717, 1.165) is 31.7 Å². The predicted octanol–water partition coefficient (Wildman–Crippen LogP) is 3.46. The van der Waals surface area contributed by atoms with Gasteiger partial charge in [-0.3, -0.25) is 0 Å². The van der Waals surface area contributed by atoms with Crippen molar-refractivity contribution < 1.29 is 4.74 Å². The number of hydrogen-bond donors (Lipinski definition) is 1. The molecule has 1 aromatic carbocycles. The van der Waals surface area contributed by atoms with Gasteiger partial charge in [-0.15, -0.1) is 0 Å². The topological polar surface area (TPSA) is 21.3 Å². The second kappa shape index (κ2) is 6.06. The molecule has 0 bridgehead atoms. The molecule has 0 aromatic heterocycles. The Balaban J connectivity index is 2.11. The Labute approximate surface area is 104 Å². The van der Waals surface area contributed by atoms with Crippen molar-refractivity contribution in [2.45, 2.75) is 45.6 Å². The Morgan fingerprint density at radius 1 is 1.35 bits per heavy atom. The molecule has 1 aliphatic rings. The summed E-state index contributed by atoms with van der Waals surface area (Å²) in [6.45, 7) is 6.37. The molecule has 94 valence electrons. The maximum atomic E-state index is 5.72. The van der Waals surface area contributed by atoms with E-state index in [1.54, 1.807) is 0 Å². The predicted molar refractivity (Wildman–Crippen MR) is 71.6 cm³/mol. The Hall–Kier alpha value is -1.02. The first-order valence-electron chi connectivity index (χ1n) is 6.84. The second-order valence-corrected chi connectivity index (χ2v) is 4.72. The molecule has 2 rings (SSSR count). The van der Waals surface area contributed by atoms with E-state index in [4.69, 9.17) is 4.74 Å². The number of nitrogens with one attached hydrogen (secondary N) is 1. The van der Waals surface area contributed by atoms with E-state index in [0.29, 0.717) is 6.04 Å². The average molecular weight is 233 g/mol. The minimum absolute atomic E-state index is 0.483. The lowest BCUT2D eigenvalue weighted by Crippen LogP contribution is -2.27. The van der Waals surface area contributed by atoms with E-state index in [2.05, 4.69) is 37.4 Å². The molecule has 1 unspecified atom stereocenters. The van der Waals surface area contributed by atoms with Crippen LogP contribution in [-0.4, -0.2) is 13.2 Å². The summed E-state index contributed by atoms with van der Waals surface area (Å²) in [5, 5.41) is 3.65. The van der Waals surface area contributed by atoms with Crippen LogP contribution in [0.4, 0.5) is 0 Å². The normalized spacial score (nSPS) is 18.6. The Kier molecular flexibility index (Phi) is 4.43. The highest BCUT2D eigenvalue weighted by atomic mass is 16.5. The monoisotopic (exact) mass is 233 g/mol. The van der Waals surface area contributed by atoms with E-state index in [1.165, 1.54) is 24.0 Å². The van der Waals surface area contributed by atoms with E-state index >= 15 is 0 Å². The largest absolute Gasteiger partial charge is 0.493 e. The molecule has 0 saturated heterocycles. The standard InChI is InChI=1S/C15H23NO/c1-3-5-9-16-14-8-10-17-15-7-6-12(4-2)11-13(14)15/h6-7,11,14,16H,3-5,8-10H2,1-2H3. The number of hydrogen-bond acceptors (Lipinski definition) is 2. The van der Waals surface area contributed by atoms with Crippen LogP contribution in [0.2, 0.25) is 0 Å². The van der Waals surface area contributed by atoms with Gasteiger partial charge in [-0.25, -0.2) is 0 Å². The SMILES string of the molecule is CCCCNC1CCOc2ccc(CC)cc21. The first kappa shape index (κ1) is 12.4. The summed E-state index contributed by atoms with van der Waals surface area (Å²) in [6.07, 6.45) is 4.68. The van der Waals surface area contributed by atoms with Gasteiger partial charge in [0, 0.05) is 18.0 Å². The minimum atomic E-state index is 0.483. The van der Waals surface area contributed by atoms with Crippen molar-refractivity contribution in [3.8, 4) is 5.75 Å². The molecule has 1 atom stereocenters. The molecule has 1 aromatic rings. The van der Waals surface area contributed by atoms with Crippen LogP contribution >= 0.6 is 0 Å². The van der Waals surface area contributed by atoms with Gasteiger partial charge in [-0.05, 0) is 31.0 Å². The minimum Gasteiger partial charge on any atom is -0.493 e. The maximum absolute atomic E-state index is 5.72. The molecule has 2 nitrogen and oxygen atoms in total. The zero-order valence-electron chi connectivity index (χ0n) is 11.0. The highest BCUT2D eigenvalue weighted by Crippen LogP contribution is 2.32. The van der Waals surface area contributed by atoms with Crippen LogP contribution in [-0.2, 0) is 6.42 Å². The second-order valence-electron chi connectivity index (χ2n) is 4.72. The molecule has 0 saturated carbocycles. The van der Waals surface area contributed by atoms with Gasteiger partial charge in [0.05, 0.1) is 6.61 Å². The van der Waals surface area contributed by atoms with Gasteiger partial charge in [0.15, 0.2) is 0 Å². The van der Waals surface area contributed by atoms with Gasteiger partial charge in [0.2, 0.25) is 0 Å². The Morgan fingerprint density at radius 2 is 2.24 bits per heavy atom. The van der Waals surface area contributed by atoms with E-state index in [-0.39, 0.29) is 0 Å². The highest BCUT2D eigenvalue weighted by Gasteiger charge is 2.20. The van der Waals surface area contributed by atoms with Gasteiger partial charge in [-0.1, -0.05) is 32.4 Å². The fourth-order valence-electron chi connectivity index (χ4n) is 2.33. The number of fused-ring (bicyclic) bond motifs is 1. The van der Waals surface area contributed by atoms with Crippen LogP contribution in [0.1, 0.15) is 50.3 Å². The molecule has 0 fully saturated rings. The smallest absolute Gasteiger partial charge is 0.124 e. The summed E-state index contributed by atoms with van der Waals surface area (Å²) >= 11 is 0. The van der Waals surface area contributed by atoms with Crippen molar-refractivity contribution in [2.75, 3.05) is 13.2 Å². The molecule has 0 aliphatic carbocycles. The Morgan fingerprint density at radius 3 is 3.00 bits per heavy atom. The van der Waals surface area contributed by atoms with Crippen molar-refractivity contribution >= 4 is 0 Å². The van der Waals surface area contributed by atoms with Gasteiger partial charge in [0.1, 0.15) is 5.75 Å².